The molecular formula is C9H10N2O3S. The van der Waals surface area contributed by atoms with Gasteiger partial charge < -0.3 is 8.94 Å². The molecule has 0 spiro atoms. The Morgan fingerprint density at radius 2 is 2.27 bits per heavy atom. The molecule has 2 heterocycles. The summed E-state index contributed by atoms with van der Waals surface area (Å²) in [6.07, 6.45) is 1.52. The van der Waals surface area contributed by atoms with Gasteiger partial charge in [-0.05, 0) is 19.9 Å². The number of rotatable bonds is 3. The first kappa shape index (κ1) is 10.1. The molecule has 80 valence electrons. The van der Waals surface area contributed by atoms with E-state index in [0.717, 1.165) is 0 Å². The minimum Gasteiger partial charge on any atom is -0.468 e. The molecule has 0 saturated heterocycles. The Morgan fingerprint density at radius 3 is 2.80 bits per heavy atom. The standard InChI is InChI=1S/C9H10N2O3S/c1-6-8(3-4-13-6)15(12)5-9-10-7(2)11-14-9/h3-4H,5H2,1-2H3/t15-/m0/s1. The van der Waals surface area contributed by atoms with E-state index in [1.54, 1.807) is 19.9 Å². The van der Waals surface area contributed by atoms with Crippen molar-refractivity contribution in [1.29, 1.82) is 0 Å². The Morgan fingerprint density at radius 1 is 1.47 bits per heavy atom. The molecule has 2 aromatic heterocycles. The van der Waals surface area contributed by atoms with Crippen LogP contribution in [0.3, 0.4) is 0 Å². The highest BCUT2D eigenvalue weighted by molar-refractivity contribution is 7.84. The molecule has 15 heavy (non-hydrogen) atoms. The maximum atomic E-state index is 11.8. The van der Waals surface area contributed by atoms with Crippen LogP contribution in [0.25, 0.3) is 0 Å². The van der Waals surface area contributed by atoms with Crippen LogP contribution in [0.4, 0.5) is 0 Å². The first-order valence-corrected chi connectivity index (χ1v) is 5.70. The average Bonchev–Trinajstić information content (AvgIpc) is 2.75. The molecule has 0 radical (unpaired) electrons. The smallest absolute Gasteiger partial charge is 0.239 e. The van der Waals surface area contributed by atoms with Crippen LogP contribution in [-0.4, -0.2) is 14.3 Å². The molecule has 0 N–H and O–H groups in total. The molecule has 0 amide bonds. The van der Waals surface area contributed by atoms with Gasteiger partial charge >= 0.3 is 0 Å². The van der Waals surface area contributed by atoms with Crippen molar-refractivity contribution in [2.24, 2.45) is 0 Å². The molecule has 0 saturated carbocycles. The summed E-state index contributed by atoms with van der Waals surface area (Å²) < 4.78 is 21.8. The van der Waals surface area contributed by atoms with E-state index < -0.39 is 10.8 Å². The van der Waals surface area contributed by atoms with Gasteiger partial charge in [-0.3, -0.25) is 4.21 Å². The highest BCUT2D eigenvalue weighted by atomic mass is 32.2. The highest BCUT2D eigenvalue weighted by Gasteiger charge is 2.13. The van der Waals surface area contributed by atoms with Crippen LogP contribution in [0.5, 0.6) is 0 Å². The zero-order valence-electron chi connectivity index (χ0n) is 8.39. The summed E-state index contributed by atoms with van der Waals surface area (Å²) in [6, 6.07) is 1.69. The van der Waals surface area contributed by atoms with Crippen LogP contribution in [0.2, 0.25) is 0 Å². The maximum absolute atomic E-state index is 11.8. The fraction of sp³-hybridized carbons (Fsp3) is 0.333. The SMILES string of the molecule is Cc1noc(C[S@](=O)c2ccoc2C)n1. The third-order valence-corrected chi connectivity index (χ3v) is 3.30. The van der Waals surface area contributed by atoms with Crippen molar-refractivity contribution < 1.29 is 13.1 Å². The molecule has 0 unspecified atom stereocenters. The molecule has 1 atom stereocenters. The number of hydrogen-bond donors (Lipinski definition) is 0. The van der Waals surface area contributed by atoms with Crippen LogP contribution in [0.1, 0.15) is 17.5 Å². The van der Waals surface area contributed by atoms with Crippen molar-refractivity contribution in [3.63, 3.8) is 0 Å². The van der Waals surface area contributed by atoms with Crippen molar-refractivity contribution in [2.45, 2.75) is 24.5 Å². The molecule has 0 aliphatic heterocycles. The third kappa shape index (κ3) is 2.15. The van der Waals surface area contributed by atoms with E-state index >= 15 is 0 Å². The van der Waals surface area contributed by atoms with Gasteiger partial charge in [-0.2, -0.15) is 4.98 Å². The van der Waals surface area contributed by atoms with E-state index in [4.69, 9.17) is 8.94 Å². The quantitative estimate of drug-likeness (QED) is 0.794. The summed E-state index contributed by atoms with van der Waals surface area (Å²) in [7, 11) is -1.19. The Labute approximate surface area is 88.9 Å². The Balaban J connectivity index is 2.14. The zero-order chi connectivity index (χ0) is 10.8. The minimum atomic E-state index is -1.19. The van der Waals surface area contributed by atoms with Gasteiger partial charge in [0.1, 0.15) is 11.5 Å². The van der Waals surface area contributed by atoms with Gasteiger partial charge in [0, 0.05) is 0 Å². The van der Waals surface area contributed by atoms with Gasteiger partial charge in [-0.1, -0.05) is 5.16 Å². The Kier molecular flexibility index (Phi) is 2.68. The van der Waals surface area contributed by atoms with E-state index in [0.29, 0.717) is 22.4 Å². The lowest BCUT2D eigenvalue weighted by Crippen LogP contribution is -1.97. The molecule has 0 bridgehead atoms. The number of aryl methyl sites for hydroxylation is 2. The summed E-state index contributed by atoms with van der Waals surface area (Å²) in [5, 5.41) is 3.63. The molecule has 0 aliphatic carbocycles. The van der Waals surface area contributed by atoms with E-state index in [9.17, 15) is 4.21 Å². The molecule has 6 heteroatoms. The fourth-order valence-electron chi connectivity index (χ4n) is 1.20. The predicted octanol–water partition coefficient (Wildman–Crippen LogP) is 1.59. The van der Waals surface area contributed by atoms with Crippen LogP contribution in [0, 0.1) is 13.8 Å². The molecule has 2 rings (SSSR count). The summed E-state index contributed by atoms with van der Waals surface area (Å²) in [5.74, 6) is 1.81. The van der Waals surface area contributed by atoms with E-state index in [-0.39, 0.29) is 5.75 Å². The fourth-order valence-corrected chi connectivity index (χ4v) is 2.27. The number of hydrogen-bond acceptors (Lipinski definition) is 5. The van der Waals surface area contributed by atoms with Gasteiger partial charge in [0.05, 0.1) is 22.0 Å². The molecule has 0 aromatic carbocycles. The van der Waals surface area contributed by atoms with Crippen LogP contribution < -0.4 is 0 Å². The molecular weight excluding hydrogens is 216 g/mol. The van der Waals surface area contributed by atoms with Crippen LogP contribution in [-0.2, 0) is 16.6 Å². The Bertz CT molecular complexity index is 489. The average molecular weight is 226 g/mol. The summed E-state index contributed by atoms with van der Waals surface area (Å²) >= 11 is 0. The first-order chi connectivity index (χ1) is 7.16. The molecule has 2 aromatic rings. The monoisotopic (exact) mass is 226 g/mol. The molecule has 0 aliphatic rings. The van der Waals surface area contributed by atoms with Crippen molar-refractivity contribution in [1.82, 2.24) is 10.1 Å². The lowest BCUT2D eigenvalue weighted by molar-refractivity contribution is 0.386. The van der Waals surface area contributed by atoms with E-state index in [1.165, 1.54) is 6.26 Å². The number of nitrogens with zero attached hydrogens (tertiary/aromatic N) is 2. The van der Waals surface area contributed by atoms with Crippen LogP contribution in [0.15, 0.2) is 26.2 Å². The zero-order valence-corrected chi connectivity index (χ0v) is 9.21. The Hall–Kier alpha value is -1.43. The second kappa shape index (κ2) is 3.98. The molecule has 5 nitrogen and oxygen atoms in total. The minimum absolute atomic E-state index is 0.223. The van der Waals surface area contributed by atoms with Crippen LogP contribution >= 0.6 is 0 Å². The number of aromatic nitrogens is 2. The van der Waals surface area contributed by atoms with Gasteiger partial charge in [0.15, 0.2) is 5.82 Å². The summed E-state index contributed by atoms with van der Waals surface area (Å²) in [4.78, 5) is 4.66. The predicted molar refractivity (Wildman–Crippen MR) is 52.6 cm³/mol. The van der Waals surface area contributed by atoms with Crippen molar-refractivity contribution in [2.75, 3.05) is 0 Å². The lowest BCUT2D eigenvalue weighted by atomic mass is 10.5. The third-order valence-electron chi connectivity index (χ3n) is 1.88. The number of furan rings is 1. The first-order valence-electron chi connectivity index (χ1n) is 4.38. The maximum Gasteiger partial charge on any atom is 0.239 e. The van der Waals surface area contributed by atoms with Gasteiger partial charge in [-0.25, -0.2) is 0 Å². The van der Waals surface area contributed by atoms with Gasteiger partial charge in [-0.15, -0.1) is 0 Å². The lowest BCUT2D eigenvalue weighted by Gasteiger charge is -1.95. The molecule has 0 fully saturated rings. The van der Waals surface area contributed by atoms with Crippen molar-refractivity contribution >= 4 is 10.8 Å². The van der Waals surface area contributed by atoms with Crippen molar-refractivity contribution in [3.05, 3.63) is 29.8 Å². The second-order valence-corrected chi connectivity index (χ2v) is 4.49. The van der Waals surface area contributed by atoms with Gasteiger partial charge in [0.2, 0.25) is 5.89 Å². The summed E-state index contributed by atoms with van der Waals surface area (Å²) in [6.45, 7) is 3.49. The van der Waals surface area contributed by atoms with Gasteiger partial charge in [0.25, 0.3) is 0 Å². The second-order valence-electron chi connectivity index (χ2n) is 3.07. The van der Waals surface area contributed by atoms with Crippen molar-refractivity contribution in [3.8, 4) is 0 Å². The highest BCUT2D eigenvalue weighted by Crippen LogP contribution is 2.16. The van der Waals surface area contributed by atoms with E-state index in [2.05, 4.69) is 10.1 Å². The normalized spacial score (nSPS) is 12.9. The van der Waals surface area contributed by atoms with E-state index in [1.807, 2.05) is 0 Å². The largest absolute Gasteiger partial charge is 0.468 e. The summed E-state index contributed by atoms with van der Waals surface area (Å²) in [5.41, 5.74) is 0. The topological polar surface area (TPSA) is 69.1 Å².